The first-order valence-electron chi connectivity index (χ1n) is 6.16. The minimum absolute atomic E-state index is 0.116. The predicted molar refractivity (Wildman–Crippen MR) is 66.0 cm³/mol. The SMILES string of the molecule is CN1CCC(Oc2cc(C(F)(F)F)nc(NN)n2)CC1. The highest BCUT2D eigenvalue weighted by Crippen LogP contribution is 2.30. The summed E-state index contributed by atoms with van der Waals surface area (Å²) in [6.45, 7) is 1.67. The molecule has 2 rings (SSSR count). The zero-order valence-corrected chi connectivity index (χ0v) is 10.9. The zero-order valence-electron chi connectivity index (χ0n) is 10.9. The Kier molecular flexibility index (Phi) is 4.29. The summed E-state index contributed by atoms with van der Waals surface area (Å²) in [4.78, 5) is 9.20. The van der Waals surface area contributed by atoms with E-state index in [0.717, 1.165) is 32.0 Å². The van der Waals surface area contributed by atoms with Crippen LogP contribution in [0.25, 0.3) is 0 Å². The van der Waals surface area contributed by atoms with E-state index in [4.69, 9.17) is 10.6 Å². The highest BCUT2D eigenvalue weighted by molar-refractivity contribution is 5.30. The largest absolute Gasteiger partial charge is 0.474 e. The summed E-state index contributed by atoms with van der Waals surface area (Å²) in [5.41, 5.74) is 0.933. The van der Waals surface area contributed by atoms with E-state index in [2.05, 4.69) is 14.9 Å². The number of anilines is 1. The van der Waals surface area contributed by atoms with Crippen LogP contribution in [0.5, 0.6) is 5.88 Å². The number of likely N-dealkylation sites (tertiary alicyclic amines) is 1. The number of nitrogens with two attached hydrogens (primary N) is 1. The summed E-state index contributed by atoms with van der Waals surface area (Å²) in [5, 5.41) is 0. The van der Waals surface area contributed by atoms with E-state index in [0.29, 0.717) is 0 Å². The Morgan fingerprint density at radius 3 is 2.55 bits per heavy atom. The summed E-state index contributed by atoms with van der Waals surface area (Å²) < 4.78 is 43.6. The van der Waals surface area contributed by atoms with Gasteiger partial charge < -0.3 is 9.64 Å². The summed E-state index contributed by atoms with van der Waals surface area (Å²) in [6, 6.07) is 0.791. The minimum atomic E-state index is -4.57. The maximum atomic E-state index is 12.7. The van der Waals surface area contributed by atoms with E-state index >= 15 is 0 Å². The molecule has 1 saturated heterocycles. The number of rotatable bonds is 3. The van der Waals surface area contributed by atoms with Crippen LogP contribution >= 0.6 is 0 Å². The van der Waals surface area contributed by atoms with Crippen molar-refractivity contribution in [2.75, 3.05) is 25.6 Å². The molecule has 1 aliphatic rings. The van der Waals surface area contributed by atoms with Gasteiger partial charge in [0.25, 0.3) is 0 Å². The number of ether oxygens (including phenoxy) is 1. The maximum absolute atomic E-state index is 12.7. The third kappa shape index (κ3) is 3.70. The van der Waals surface area contributed by atoms with Crippen molar-refractivity contribution in [2.24, 2.45) is 5.84 Å². The first-order valence-corrected chi connectivity index (χ1v) is 6.16. The van der Waals surface area contributed by atoms with Crippen LogP contribution in [0.4, 0.5) is 19.1 Å². The standard InChI is InChI=1S/C11H16F3N5O/c1-19-4-2-7(3-5-19)20-9-6-8(11(12,13)14)16-10(17-9)18-15/h6-7H,2-5,15H2,1H3,(H,16,17,18). The first kappa shape index (κ1) is 14.8. The molecule has 0 spiro atoms. The second-order valence-electron chi connectivity index (χ2n) is 4.68. The number of nitrogens with one attached hydrogen (secondary N) is 1. The van der Waals surface area contributed by atoms with Crippen molar-refractivity contribution >= 4 is 5.95 Å². The third-order valence-corrected chi connectivity index (χ3v) is 3.08. The molecule has 112 valence electrons. The number of aromatic nitrogens is 2. The molecule has 0 saturated carbocycles. The first-order chi connectivity index (χ1) is 9.38. The lowest BCUT2D eigenvalue weighted by molar-refractivity contribution is -0.141. The fourth-order valence-electron chi connectivity index (χ4n) is 1.97. The Morgan fingerprint density at radius 1 is 1.35 bits per heavy atom. The van der Waals surface area contributed by atoms with Gasteiger partial charge in [0, 0.05) is 19.2 Å². The fourth-order valence-corrected chi connectivity index (χ4v) is 1.97. The number of nitrogen functional groups attached to an aromatic ring is 1. The van der Waals surface area contributed by atoms with Crippen LogP contribution in [-0.4, -0.2) is 41.1 Å². The third-order valence-electron chi connectivity index (χ3n) is 3.08. The number of alkyl halides is 3. The topological polar surface area (TPSA) is 76.3 Å². The maximum Gasteiger partial charge on any atom is 0.433 e. The highest BCUT2D eigenvalue weighted by Gasteiger charge is 2.34. The van der Waals surface area contributed by atoms with Gasteiger partial charge in [0.1, 0.15) is 6.10 Å². The molecule has 20 heavy (non-hydrogen) atoms. The van der Waals surface area contributed by atoms with Crippen molar-refractivity contribution < 1.29 is 17.9 Å². The number of hydrogen-bond donors (Lipinski definition) is 2. The molecule has 1 aromatic heterocycles. The van der Waals surface area contributed by atoms with Crippen LogP contribution in [0, 0.1) is 0 Å². The van der Waals surface area contributed by atoms with Gasteiger partial charge in [-0.2, -0.15) is 18.2 Å². The molecule has 0 atom stereocenters. The van der Waals surface area contributed by atoms with E-state index in [1.54, 1.807) is 0 Å². The molecule has 0 bridgehead atoms. The van der Waals surface area contributed by atoms with E-state index in [1.165, 1.54) is 0 Å². The summed E-state index contributed by atoms with van der Waals surface area (Å²) in [5.74, 6) is 4.64. The molecule has 0 radical (unpaired) electrons. The van der Waals surface area contributed by atoms with E-state index in [-0.39, 0.29) is 17.9 Å². The second kappa shape index (κ2) is 5.80. The van der Waals surface area contributed by atoms with Gasteiger partial charge in [-0.1, -0.05) is 0 Å². The average Bonchev–Trinajstić information content (AvgIpc) is 2.40. The van der Waals surface area contributed by atoms with Crippen LogP contribution in [0.1, 0.15) is 18.5 Å². The molecule has 1 fully saturated rings. The Morgan fingerprint density at radius 2 is 2.00 bits per heavy atom. The van der Waals surface area contributed by atoms with Gasteiger partial charge in [0.2, 0.25) is 11.8 Å². The number of hydrazine groups is 1. The van der Waals surface area contributed by atoms with Crippen molar-refractivity contribution in [3.8, 4) is 5.88 Å². The average molecular weight is 291 g/mol. The number of halogens is 3. The highest BCUT2D eigenvalue weighted by atomic mass is 19.4. The Labute approximate surface area is 114 Å². The second-order valence-corrected chi connectivity index (χ2v) is 4.68. The quantitative estimate of drug-likeness (QED) is 0.645. The van der Waals surface area contributed by atoms with Crippen LogP contribution in [0.3, 0.4) is 0 Å². The molecule has 0 amide bonds. The van der Waals surface area contributed by atoms with Gasteiger partial charge >= 0.3 is 6.18 Å². The number of hydrogen-bond acceptors (Lipinski definition) is 6. The Balaban J connectivity index is 2.14. The lowest BCUT2D eigenvalue weighted by Gasteiger charge is -2.29. The Bertz CT molecular complexity index is 460. The summed E-state index contributed by atoms with van der Waals surface area (Å²) >= 11 is 0. The smallest absolute Gasteiger partial charge is 0.433 e. The van der Waals surface area contributed by atoms with E-state index in [9.17, 15) is 13.2 Å². The van der Waals surface area contributed by atoms with Gasteiger partial charge in [-0.05, 0) is 19.9 Å². The zero-order chi connectivity index (χ0) is 14.8. The molecule has 2 heterocycles. The van der Waals surface area contributed by atoms with Gasteiger partial charge in [0.05, 0.1) is 0 Å². The van der Waals surface area contributed by atoms with E-state index in [1.807, 2.05) is 12.5 Å². The van der Waals surface area contributed by atoms with Crippen molar-refractivity contribution in [1.82, 2.24) is 14.9 Å². The molecule has 0 aromatic carbocycles. The lowest BCUT2D eigenvalue weighted by Crippen LogP contribution is -2.35. The Hall–Kier alpha value is -1.61. The molecule has 0 aliphatic carbocycles. The van der Waals surface area contributed by atoms with Crippen LogP contribution in [0.15, 0.2) is 6.07 Å². The van der Waals surface area contributed by atoms with Crippen molar-refractivity contribution in [2.45, 2.75) is 25.1 Å². The molecule has 1 aromatic rings. The van der Waals surface area contributed by atoms with Crippen molar-refractivity contribution in [3.63, 3.8) is 0 Å². The van der Waals surface area contributed by atoms with Crippen molar-refractivity contribution in [1.29, 1.82) is 0 Å². The van der Waals surface area contributed by atoms with Gasteiger partial charge in [-0.3, -0.25) is 5.43 Å². The summed E-state index contributed by atoms with van der Waals surface area (Å²) in [7, 11) is 1.99. The van der Waals surface area contributed by atoms with Gasteiger partial charge in [0.15, 0.2) is 5.69 Å². The molecule has 0 unspecified atom stereocenters. The molecule has 6 nitrogen and oxygen atoms in total. The van der Waals surface area contributed by atoms with E-state index < -0.39 is 11.9 Å². The number of nitrogens with zero attached hydrogens (tertiary/aromatic N) is 3. The molecular weight excluding hydrogens is 275 g/mol. The molecule has 3 N–H and O–H groups in total. The minimum Gasteiger partial charge on any atom is -0.474 e. The molecular formula is C11H16F3N5O. The number of piperidine rings is 1. The van der Waals surface area contributed by atoms with Crippen LogP contribution in [-0.2, 0) is 6.18 Å². The summed E-state index contributed by atoms with van der Waals surface area (Å²) in [6.07, 6.45) is -3.23. The van der Waals surface area contributed by atoms with Gasteiger partial charge in [-0.15, -0.1) is 0 Å². The molecule has 9 heteroatoms. The van der Waals surface area contributed by atoms with Crippen molar-refractivity contribution in [3.05, 3.63) is 11.8 Å². The fraction of sp³-hybridized carbons (Fsp3) is 0.636. The predicted octanol–water partition coefficient (Wildman–Crippen LogP) is 1.25. The molecule has 1 aliphatic heterocycles. The monoisotopic (exact) mass is 291 g/mol. The van der Waals surface area contributed by atoms with Crippen LogP contribution < -0.4 is 16.0 Å². The van der Waals surface area contributed by atoms with Crippen LogP contribution in [0.2, 0.25) is 0 Å². The van der Waals surface area contributed by atoms with Gasteiger partial charge in [-0.25, -0.2) is 10.8 Å². The normalized spacial score (nSPS) is 18.1. The lowest BCUT2D eigenvalue weighted by atomic mass is 10.1.